The molecule has 1 fully saturated rings. The summed E-state index contributed by atoms with van der Waals surface area (Å²) in [6.07, 6.45) is 2.50. The van der Waals surface area contributed by atoms with Crippen LogP contribution in [0.1, 0.15) is 36.4 Å². The molecule has 5 heteroatoms. The summed E-state index contributed by atoms with van der Waals surface area (Å²) in [7, 11) is 4.21. The second-order valence-electron chi connectivity index (χ2n) is 7.73. The molecule has 146 valence electrons. The van der Waals surface area contributed by atoms with Gasteiger partial charge in [-0.3, -0.25) is 4.90 Å². The van der Waals surface area contributed by atoms with Gasteiger partial charge in [-0.25, -0.2) is 0 Å². The smallest absolute Gasteiger partial charge is 0.0920 e. The van der Waals surface area contributed by atoms with Crippen LogP contribution in [-0.4, -0.2) is 48.6 Å². The Morgan fingerprint density at radius 3 is 2.00 bits per heavy atom. The molecule has 1 N–H and O–H groups in total. The number of piperidine rings is 1. The molecule has 0 bridgehead atoms. The lowest BCUT2D eigenvalue weighted by Crippen LogP contribution is -2.44. The van der Waals surface area contributed by atoms with E-state index in [9.17, 15) is 5.11 Å². The molecule has 1 unspecified atom stereocenters. The van der Waals surface area contributed by atoms with Crippen LogP contribution >= 0.6 is 23.2 Å². The first kappa shape index (κ1) is 20.6. The lowest BCUT2D eigenvalue weighted by atomic mass is 9.83. The standard InChI is InChI=1S/C22H28Cl2N2O/c1-25(2)14-11-21(17-3-7-19(23)8-4-17)26-15-12-22(27,13-16-26)18-5-9-20(24)10-6-18/h3-10,21,27H,11-16H2,1-2H3. The summed E-state index contributed by atoms with van der Waals surface area (Å²) in [6, 6.07) is 16.1. The fourth-order valence-electron chi connectivity index (χ4n) is 3.88. The maximum Gasteiger partial charge on any atom is 0.0920 e. The summed E-state index contributed by atoms with van der Waals surface area (Å²) in [5.74, 6) is 0. The SMILES string of the molecule is CN(C)CCC(c1ccc(Cl)cc1)N1CCC(O)(c2ccc(Cl)cc2)CC1. The highest BCUT2D eigenvalue weighted by Crippen LogP contribution is 2.37. The Balaban J connectivity index is 1.73. The summed E-state index contributed by atoms with van der Waals surface area (Å²) >= 11 is 12.1. The minimum atomic E-state index is -0.771. The first-order valence-electron chi connectivity index (χ1n) is 9.50. The van der Waals surface area contributed by atoms with E-state index in [-0.39, 0.29) is 0 Å². The van der Waals surface area contributed by atoms with Crippen molar-refractivity contribution in [2.24, 2.45) is 0 Å². The monoisotopic (exact) mass is 406 g/mol. The minimum absolute atomic E-state index is 0.333. The van der Waals surface area contributed by atoms with Gasteiger partial charge in [-0.05, 0) is 75.3 Å². The summed E-state index contributed by atoms with van der Waals surface area (Å²) in [5.41, 5.74) is 1.48. The highest BCUT2D eigenvalue weighted by atomic mass is 35.5. The molecule has 0 saturated carbocycles. The number of hydrogen-bond acceptors (Lipinski definition) is 3. The lowest BCUT2D eigenvalue weighted by Gasteiger charge is -2.42. The Morgan fingerprint density at radius 1 is 0.963 bits per heavy atom. The zero-order valence-electron chi connectivity index (χ0n) is 16.0. The molecule has 0 spiro atoms. The summed E-state index contributed by atoms with van der Waals surface area (Å²) in [4.78, 5) is 4.72. The predicted octanol–water partition coefficient (Wildman–Crippen LogP) is 4.97. The van der Waals surface area contributed by atoms with Gasteiger partial charge in [0.25, 0.3) is 0 Å². The van der Waals surface area contributed by atoms with Crippen LogP contribution < -0.4 is 0 Å². The van der Waals surface area contributed by atoms with Crippen molar-refractivity contribution in [2.45, 2.75) is 30.9 Å². The van der Waals surface area contributed by atoms with Crippen molar-refractivity contribution in [1.29, 1.82) is 0 Å². The van der Waals surface area contributed by atoms with Crippen LogP contribution in [0, 0.1) is 0 Å². The molecule has 0 radical (unpaired) electrons. The van der Waals surface area contributed by atoms with Gasteiger partial charge in [0.15, 0.2) is 0 Å². The average Bonchev–Trinajstić information content (AvgIpc) is 2.65. The van der Waals surface area contributed by atoms with Gasteiger partial charge in [-0.15, -0.1) is 0 Å². The molecule has 3 rings (SSSR count). The van der Waals surface area contributed by atoms with E-state index in [4.69, 9.17) is 23.2 Å². The molecule has 1 heterocycles. The van der Waals surface area contributed by atoms with E-state index in [1.54, 1.807) is 0 Å². The zero-order valence-corrected chi connectivity index (χ0v) is 17.5. The fraction of sp³-hybridized carbons (Fsp3) is 0.455. The number of aliphatic hydroxyl groups is 1. The van der Waals surface area contributed by atoms with Gasteiger partial charge in [0.1, 0.15) is 0 Å². The molecule has 1 atom stereocenters. The van der Waals surface area contributed by atoms with Crippen molar-refractivity contribution in [3.63, 3.8) is 0 Å². The number of hydrogen-bond donors (Lipinski definition) is 1. The van der Waals surface area contributed by atoms with Crippen molar-refractivity contribution < 1.29 is 5.11 Å². The van der Waals surface area contributed by atoms with E-state index in [1.807, 2.05) is 36.4 Å². The molecule has 2 aromatic rings. The van der Waals surface area contributed by atoms with Crippen LogP contribution in [0.3, 0.4) is 0 Å². The predicted molar refractivity (Wildman–Crippen MR) is 114 cm³/mol. The number of benzene rings is 2. The Labute approximate surface area is 172 Å². The van der Waals surface area contributed by atoms with Crippen LogP contribution in [0.5, 0.6) is 0 Å². The van der Waals surface area contributed by atoms with Gasteiger partial charge in [-0.2, -0.15) is 0 Å². The topological polar surface area (TPSA) is 26.7 Å². The average molecular weight is 407 g/mol. The number of likely N-dealkylation sites (tertiary alicyclic amines) is 1. The third kappa shape index (κ3) is 5.24. The quantitative estimate of drug-likeness (QED) is 0.733. The largest absolute Gasteiger partial charge is 0.385 e. The van der Waals surface area contributed by atoms with E-state index < -0.39 is 5.60 Å². The summed E-state index contributed by atoms with van der Waals surface area (Å²) < 4.78 is 0. The molecule has 1 aliphatic heterocycles. The first-order valence-corrected chi connectivity index (χ1v) is 10.3. The van der Waals surface area contributed by atoms with Crippen LogP contribution in [0.2, 0.25) is 10.0 Å². The Kier molecular flexibility index (Phi) is 6.83. The van der Waals surface area contributed by atoms with Crippen molar-refractivity contribution in [1.82, 2.24) is 9.80 Å². The summed E-state index contributed by atoms with van der Waals surface area (Å²) in [6.45, 7) is 2.74. The lowest BCUT2D eigenvalue weighted by molar-refractivity contribution is -0.0374. The summed E-state index contributed by atoms with van der Waals surface area (Å²) in [5, 5.41) is 12.6. The van der Waals surface area contributed by atoms with E-state index in [2.05, 4.69) is 36.0 Å². The van der Waals surface area contributed by atoms with Crippen molar-refractivity contribution >= 4 is 23.2 Å². The zero-order chi connectivity index (χ0) is 19.4. The third-order valence-corrected chi connectivity index (χ3v) is 6.06. The Morgan fingerprint density at radius 2 is 1.48 bits per heavy atom. The maximum atomic E-state index is 11.2. The normalized spacial score (nSPS) is 18.6. The van der Waals surface area contributed by atoms with Crippen molar-refractivity contribution in [3.05, 3.63) is 69.7 Å². The Hall–Kier alpha value is -1.10. The molecule has 0 amide bonds. The molecular formula is C22H28Cl2N2O. The van der Waals surface area contributed by atoms with E-state index in [0.29, 0.717) is 11.1 Å². The van der Waals surface area contributed by atoms with Gasteiger partial charge in [0, 0.05) is 29.2 Å². The van der Waals surface area contributed by atoms with E-state index in [0.717, 1.165) is 49.5 Å². The second-order valence-corrected chi connectivity index (χ2v) is 8.61. The molecule has 3 nitrogen and oxygen atoms in total. The van der Waals surface area contributed by atoms with Gasteiger partial charge in [-0.1, -0.05) is 47.5 Å². The first-order chi connectivity index (χ1) is 12.9. The van der Waals surface area contributed by atoms with Gasteiger partial charge in [0.05, 0.1) is 5.60 Å². The van der Waals surface area contributed by atoms with Crippen LogP contribution in [0.4, 0.5) is 0 Å². The molecular weight excluding hydrogens is 379 g/mol. The molecule has 0 aromatic heterocycles. The highest BCUT2D eigenvalue weighted by Gasteiger charge is 2.36. The third-order valence-electron chi connectivity index (χ3n) is 5.55. The highest BCUT2D eigenvalue weighted by molar-refractivity contribution is 6.30. The van der Waals surface area contributed by atoms with Crippen LogP contribution in [0.15, 0.2) is 48.5 Å². The second kappa shape index (κ2) is 8.93. The van der Waals surface area contributed by atoms with Gasteiger partial charge in [0.2, 0.25) is 0 Å². The minimum Gasteiger partial charge on any atom is -0.385 e. The Bertz CT molecular complexity index is 723. The number of halogens is 2. The van der Waals surface area contributed by atoms with Gasteiger partial charge >= 0.3 is 0 Å². The molecule has 2 aromatic carbocycles. The molecule has 27 heavy (non-hydrogen) atoms. The van der Waals surface area contributed by atoms with Gasteiger partial charge < -0.3 is 10.0 Å². The van der Waals surface area contributed by atoms with Crippen molar-refractivity contribution in [2.75, 3.05) is 33.7 Å². The fourth-order valence-corrected chi connectivity index (χ4v) is 4.13. The maximum absolute atomic E-state index is 11.2. The number of nitrogens with zero attached hydrogens (tertiary/aromatic N) is 2. The number of rotatable bonds is 6. The molecule has 1 saturated heterocycles. The molecule has 0 aliphatic carbocycles. The molecule has 1 aliphatic rings. The van der Waals surface area contributed by atoms with Crippen LogP contribution in [0.25, 0.3) is 0 Å². The van der Waals surface area contributed by atoms with E-state index in [1.165, 1.54) is 5.56 Å². The van der Waals surface area contributed by atoms with Crippen molar-refractivity contribution in [3.8, 4) is 0 Å². The van der Waals surface area contributed by atoms with E-state index >= 15 is 0 Å². The van der Waals surface area contributed by atoms with Crippen LogP contribution in [-0.2, 0) is 5.60 Å².